The van der Waals surface area contributed by atoms with Gasteiger partial charge >= 0.3 is 0 Å². The monoisotopic (exact) mass is 485 g/mol. The third-order valence-corrected chi connectivity index (χ3v) is 8.91. The summed E-state index contributed by atoms with van der Waals surface area (Å²) in [6.45, 7) is 4.89. The lowest BCUT2D eigenvalue weighted by molar-refractivity contribution is -0.126. The summed E-state index contributed by atoms with van der Waals surface area (Å²) >= 11 is 0. The summed E-state index contributed by atoms with van der Waals surface area (Å²) in [5.41, 5.74) is 2.32. The molecule has 2 aliphatic rings. The fourth-order valence-corrected chi connectivity index (χ4v) is 6.27. The SMILES string of the molecule is COc1ccc(S(=O)(=O)N2CCC(C(=O)N[C@@H](C)c3ccc(N4CCCCC4)cc3)CC2)cc1. The van der Waals surface area contributed by atoms with E-state index in [4.69, 9.17) is 4.74 Å². The van der Waals surface area contributed by atoms with E-state index in [-0.39, 0.29) is 22.8 Å². The number of nitrogens with one attached hydrogen (secondary N) is 1. The van der Waals surface area contributed by atoms with Crippen molar-refractivity contribution >= 4 is 21.6 Å². The van der Waals surface area contributed by atoms with E-state index in [0.717, 1.165) is 18.7 Å². The third kappa shape index (κ3) is 5.55. The highest BCUT2D eigenvalue weighted by Crippen LogP contribution is 2.27. The van der Waals surface area contributed by atoms with Gasteiger partial charge in [-0.25, -0.2) is 8.42 Å². The predicted octanol–water partition coefficient (Wildman–Crippen LogP) is 3.96. The number of sulfonamides is 1. The summed E-state index contributed by atoms with van der Waals surface area (Å²) in [6.07, 6.45) is 4.83. The van der Waals surface area contributed by atoms with Gasteiger partial charge in [0.15, 0.2) is 0 Å². The predicted molar refractivity (Wildman–Crippen MR) is 134 cm³/mol. The van der Waals surface area contributed by atoms with Crippen LogP contribution in [0.15, 0.2) is 53.4 Å². The van der Waals surface area contributed by atoms with Gasteiger partial charge in [-0.1, -0.05) is 12.1 Å². The van der Waals surface area contributed by atoms with E-state index in [0.29, 0.717) is 31.7 Å². The second-order valence-corrected chi connectivity index (χ2v) is 11.2. The molecule has 0 radical (unpaired) electrons. The fraction of sp³-hybridized carbons (Fsp3) is 0.500. The molecule has 1 amide bonds. The number of hydrogen-bond acceptors (Lipinski definition) is 5. The van der Waals surface area contributed by atoms with E-state index >= 15 is 0 Å². The van der Waals surface area contributed by atoms with Crippen LogP contribution < -0.4 is 15.0 Å². The third-order valence-electron chi connectivity index (χ3n) is 6.99. The lowest BCUT2D eigenvalue weighted by Gasteiger charge is -2.31. The first kappa shape index (κ1) is 24.5. The molecule has 4 rings (SSSR count). The first-order valence-corrected chi connectivity index (χ1v) is 13.6. The second kappa shape index (κ2) is 10.8. The molecule has 2 saturated heterocycles. The van der Waals surface area contributed by atoms with Crippen molar-refractivity contribution in [1.82, 2.24) is 9.62 Å². The Bertz CT molecular complexity index is 1060. The Kier molecular flexibility index (Phi) is 7.78. The summed E-state index contributed by atoms with van der Waals surface area (Å²) in [4.78, 5) is 15.6. The number of carbonyl (C=O) groups is 1. The largest absolute Gasteiger partial charge is 0.497 e. The molecule has 2 fully saturated rings. The Morgan fingerprint density at radius 2 is 1.56 bits per heavy atom. The molecule has 0 saturated carbocycles. The molecule has 0 aliphatic carbocycles. The maximum absolute atomic E-state index is 12.9. The summed E-state index contributed by atoms with van der Waals surface area (Å²) < 4.78 is 32.5. The van der Waals surface area contributed by atoms with Crippen LogP contribution in [-0.2, 0) is 14.8 Å². The Hall–Kier alpha value is -2.58. The highest BCUT2D eigenvalue weighted by molar-refractivity contribution is 7.89. The molecule has 0 spiro atoms. The van der Waals surface area contributed by atoms with Gasteiger partial charge in [0.05, 0.1) is 18.0 Å². The van der Waals surface area contributed by atoms with Crippen molar-refractivity contribution in [3.05, 3.63) is 54.1 Å². The van der Waals surface area contributed by atoms with E-state index in [1.54, 1.807) is 31.4 Å². The Morgan fingerprint density at radius 1 is 0.941 bits per heavy atom. The average molecular weight is 486 g/mol. The summed E-state index contributed by atoms with van der Waals surface area (Å²) in [5.74, 6) is 0.427. The molecule has 7 nitrogen and oxygen atoms in total. The molecular formula is C26H35N3O4S. The summed E-state index contributed by atoms with van der Waals surface area (Å²) in [5, 5.41) is 3.13. The molecule has 1 atom stereocenters. The van der Waals surface area contributed by atoms with Gasteiger partial charge in [0.1, 0.15) is 5.75 Å². The van der Waals surface area contributed by atoms with E-state index in [1.807, 2.05) is 6.92 Å². The van der Waals surface area contributed by atoms with Crippen LogP contribution in [0, 0.1) is 5.92 Å². The van der Waals surface area contributed by atoms with Gasteiger partial charge in [-0.15, -0.1) is 0 Å². The van der Waals surface area contributed by atoms with Gasteiger partial charge < -0.3 is 15.0 Å². The molecule has 2 aromatic carbocycles. The number of carbonyl (C=O) groups excluding carboxylic acids is 1. The minimum absolute atomic E-state index is 0.00546. The van der Waals surface area contributed by atoms with Crippen LogP contribution in [0.25, 0.3) is 0 Å². The van der Waals surface area contributed by atoms with Crippen LogP contribution in [0.3, 0.4) is 0 Å². The minimum atomic E-state index is -3.57. The normalized spacial score (nSPS) is 18.9. The second-order valence-electron chi connectivity index (χ2n) is 9.22. The standard InChI is InChI=1S/C26H35N3O4S/c1-20(21-6-8-23(9-7-21)28-16-4-3-5-17-28)27-26(30)22-14-18-29(19-15-22)34(31,32)25-12-10-24(33-2)11-13-25/h6-13,20,22H,3-5,14-19H2,1-2H3,(H,27,30)/t20-/m0/s1. The van der Waals surface area contributed by atoms with Crippen molar-refractivity contribution in [1.29, 1.82) is 0 Å². The zero-order valence-corrected chi connectivity index (χ0v) is 20.9. The van der Waals surface area contributed by atoms with Crippen molar-refractivity contribution in [2.75, 3.05) is 38.2 Å². The topological polar surface area (TPSA) is 79.0 Å². The number of piperidine rings is 2. The van der Waals surface area contributed by atoms with Gasteiger partial charge in [0, 0.05) is 37.8 Å². The number of methoxy groups -OCH3 is 1. The molecule has 2 aromatic rings. The first-order valence-electron chi connectivity index (χ1n) is 12.2. The van der Waals surface area contributed by atoms with Crippen molar-refractivity contribution in [3.8, 4) is 5.75 Å². The highest BCUT2D eigenvalue weighted by atomic mass is 32.2. The molecule has 34 heavy (non-hydrogen) atoms. The Labute approximate surface area is 203 Å². The number of rotatable bonds is 7. The van der Waals surface area contributed by atoms with Gasteiger partial charge in [0.25, 0.3) is 0 Å². The molecule has 184 valence electrons. The van der Waals surface area contributed by atoms with E-state index < -0.39 is 10.0 Å². The van der Waals surface area contributed by atoms with Gasteiger partial charge in [-0.3, -0.25) is 4.79 Å². The van der Waals surface area contributed by atoms with Gasteiger partial charge in [0.2, 0.25) is 15.9 Å². The molecule has 2 aliphatic heterocycles. The van der Waals surface area contributed by atoms with Crippen LogP contribution >= 0.6 is 0 Å². The number of anilines is 1. The quantitative estimate of drug-likeness (QED) is 0.642. The Morgan fingerprint density at radius 3 is 2.15 bits per heavy atom. The maximum Gasteiger partial charge on any atom is 0.243 e. The van der Waals surface area contributed by atoms with Crippen molar-refractivity contribution < 1.29 is 17.9 Å². The number of amides is 1. The van der Waals surface area contributed by atoms with Crippen LogP contribution in [0.4, 0.5) is 5.69 Å². The zero-order chi connectivity index (χ0) is 24.1. The number of ether oxygens (including phenoxy) is 1. The molecule has 0 bridgehead atoms. The number of hydrogen-bond donors (Lipinski definition) is 1. The van der Waals surface area contributed by atoms with Crippen molar-refractivity contribution in [2.45, 2.75) is 50.0 Å². The fourth-order valence-electron chi connectivity index (χ4n) is 4.80. The van der Waals surface area contributed by atoms with Gasteiger partial charge in [-0.2, -0.15) is 4.31 Å². The Balaban J connectivity index is 1.30. The van der Waals surface area contributed by atoms with Gasteiger partial charge in [-0.05, 0) is 81.0 Å². The highest BCUT2D eigenvalue weighted by Gasteiger charge is 2.32. The molecule has 0 aromatic heterocycles. The van der Waals surface area contributed by atoms with Crippen molar-refractivity contribution in [3.63, 3.8) is 0 Å². The molecule has 1 N–H and O–H groups in total. The lowest BCUT2D eigenvalue weighted by atomic mass is 9.96. The van der Waals surface area contributed by atoms with Crippen molar-refractivity contribution in [2.24, 2.45) is 5.92 Å². The lowest BCUT2D eigenvalue weighted by Crippen LogP contribution is -2.43. The minimum Gasteiger partial charge on any atom is -0.497 e. The number of nitrogens with zero attached hydrogens (tertiary/aromatic N) is 2. The zero-order valence-electron chi connectivity index (χ0n) is 20.1. The summed E-state index contributed by atoms with van der Waals surface area (Å²) in [6, 6.07) is 14.8. The molecule has 0 unspecified atom stereocenters. The van der Waals surface area contributed by atoms with E-state index in [9.17, 15) is 13.2 Å². The maximum atomic E-state index is 12.9. The van der Waals surface area contributed by atoms with Crippen LogP contribution in [0.2, 0.25) is 0 Å². The van der Waals surface area contributed by atoms with E-state index in [1.165, 1.54) is 29.3 Å². The first-order chi connectivity index (χ1) is 16.4. The molecule has 2 heterocycles. The van der Waals surface area contributed by atoms with E-state index in [2.05, 4.69) is 34.5 Å². The van der Waals surface area contributed by atoms with Crippen LogP contribution in [0.1, 0.15) is 50.6 Å². The smallest absolute Gasteiger partial charge is 0.243 e. The van der Waals surface area contributed by atoms with Crippen LogP contribution in [0.5, 0.6) is 5.75 Å². The average Bonchev–Trinajstić information content (AvgIpc) is 2.89. The summed E-state index contributed by atoms with van der Waals surface area (Å²) in [7, 11) is -2.03. The molecule has 8 heteroatoms. The number of benzene rings is 2. The molecular weight excluding hydrogens is 450 g/mol. The van der Waals surface area contributed by atoms with Crippen LogP contribution in [-0.4, -0.2) is 51.9 Å².